The maximum Gasteiger partial charge on any atom is 0.0870 e. The summed E-state index contributed by atoms with van der Waals surface area (Å²) in [6.07, 6.45) is 0. The van der Waals surface area contributed by atoms with Gasteiger partial charge in [-0.2, -0.15) is 0 Å². The molecule has 1 heterocycles. The van der Waals surface area contributed by atoms with Crippen LogP contribution in [0.25, 0.3) is 60.0 Å². The van der Waals surface area contributed by atoms with Crippen LogP contribution in [0.15, 0.2) is 176 Å². The highest BCUT2D eigenvalue weighted by atomic mass is 15.0. The minimum absolute atomic E-state index is 0.506. The Bertz CT molecular complexity index is 2550. The van der Waals surface area contributed by atoms with Crippen molar-refractivity contribution in [1.29, 1.82) is 0 Å². The van der Waals surface area contributed by atoms with Crippen molar-refractivity contribution >= 4 is 43.2 Å². The SMILES string of the molecule is c1ccc(C2(c3ccccc3)c3ccccc3-c3c2n(-c2ccc4c5ccccc5c5ccccc5c4c2)c2ccccc32)cc1. The molecule has 0 radical (unpaired) electrons. The fourth-order valence-electron chi connectivity index (χ4n) is 8.45. The first kappa shape index (κ1) is 25.4. The lowest BCUT2D eigenvalue weighted by Crippen LogP contribution is -2.31. The third-order valence-electron chi connectivity index (χ3n) is 10.2. The number of hydrogen-bond donors (Lipinski definition) is 0. The molecule has 1 aliphatic carbocycles. The zero-order valence-electron chi connectivity index (χ0n) is 25.2. The molecule has 0 saturated carbocycles. The highest BCUT2D eigenvalue weighted by molar-refractivity contribution is 6.25. The molecule has 8 aromatic carbocycles. The molecule has 46 heavy (non-hydrogen) atoms. The largest absolute Gasteiger partial charge is 0.311 e. The second-order valence-corrected chi connectivity index (χ2v) is 12.4. The average Bonchev–Trinajstić information content (AvgIpc) is 3.64. The van der Waals surface area contributed by atoms with E-state index < -0.39 is 5.41 Å². The number of para-hydroxylation sites is 1. The minimum atomic E-state index is -0.506. The lowest BCUT2D eigenvalue weighted by Gasteiger charge is -2.35. The predicted octanol–water partition coefficient (Wildman–Crippen LogP) is 11.5. The highest BCUT2D eigenvalue weighted by Gasteiger charge is 2.49. The summed E-state index contributed by atoms with van der Waals surface area (Å²) >= 11 is 0. The zero-order valence-corrected chi connectivity index (χ0v) is 25.2. The van der Waals surface area contributed by atoms with Crippen molar-refractivity contribution in [2.45, 2.75) is 5.41 Å². The lowest BCUT2D eigenvalue weighted by molar-refractivity contribution is 0.719. The first-order valence-electron chi connectivity index (χ1n) is 16.0. The summed E-state index contributed by atoms with van der Waals surface area (Å²) in [5, 5.41) is 9.01. The molecule has 0 spiro atoms. The smallest absolute Gasteiger partial charge is 0.0870 e. The second kappa shape index (κ2) is 9.54. The van der Waals surface area contributed by atoms with E-state index in [2.05, 4.69) is 180 Å². The van der Waals surface area contributed by atoms with Crippen LogP contribution in [0.1, 0.15) is 22.4 Å². The average molecular weight is 584 g/mol. The van der Waals surface area contributed by atoms with Gasteiger partial charge in [0.1, 0.15) is 0 Å². The topological polar surface area (TPSA) is 4.93 Å². The van der Waals surface area contributed by atoms with Crippen molar-refractivity contribution in [2.24, 2.45) is 0 Å². The Hall–Kier alpha value is -5.92. The Morgan fingerprint density at radius 1 is 0.370 bits per heavy atom. The Morgan fingerprint density at radius 2 is 0.848 bits per heavy atom. The van der Waals surface area contributed by atoms with Crippen molar-refractivity contribution in [2.75, 3.05) is 0 Å². The van der Waals surface area contributed by atoms with Crippen LogP contribution in [-0.4, -0.2) is 4.57 Å². The van der Waals surface area contributed by atoms with Gasteiger partial charge in [0.05, 0.1) is 16.6 Å². The monoisotopic (exact) mass is 583 g/mol. The molecular formula is C45H29N. The second-order valence-electron chi connectivity index (χ2n) is 12.4. The lowest BCUT2D eigenvalue weighted by atomic mass is 9.69. The third-order valence-corrected chi connectivity index (χ3v) is 10.2. The van der Waals surface area contributed by atoms with Crippen molar-refractivity contribution in [3.8, 4) is 16.8 Å². The Labute approximate surface area is 267 Å². The molecule has 1 aromatic heterocycles. The maximum absolute atomic E-state index is 2.56. The van der Waals surface area contributed by atoms with Gasteiger partial charge in [0.25, 0.3) is 0 Å². The van der Waals surface area contributed by atoms with Crippen LogP contribution in [0.4, 0.5) is 0 Å². The van der Waals surface area contributed by atoms with Crippen LogP contribution in [0, 0.1) is 0 Å². The number of nitrogens with zero attached hydrogens (tertiary/aromatic N) is 1. The van der Waals surface area contributed by atoms with Crippen LogP contribution in [0.3, 0.4) is 0 Å². The number of fused-ring (bicyclic) bond motifs is 11. The Morgan fingerprint density at radius 3 is 1.48 bits per heavy atom. The summed E-state index contributed by atoms with van der Waals surface area (Å²) in [6, 6.07) is 65.0. The van der Waals surface area contributed by atoms with Gasteiger partial charge in [-0.1, -0.05) is 158 Å². The molecule has 0 unspecified atom stereocenters. The van der Waals surface area contributed by atoms with E-state index in [0.29, 0.717) is 0 Å². The maximum atomic E-state index is 2.56. The van der Waals surface area contributed by atoms with Gasteiger partial charge in [-0.05, 0) is 72.8 Å². The van der Waals surface area contributed by atoms with E-state index in [1.165, 1.54) is 82.4 Å². The first-order chi connectivity index (χ1) is 22.9. The van der Waals surface area contributed by atoms with Gasteiger partial charge in [-0.15, -0.1) is 0 Å². The quantitative estimate of drug-likeness (QED) is 0.182. The van der Waals surface area contributed by atoms with Crippen LogP contribution in [0.2, 0.25) is 0 Å². The highest BCUT2D eigenvalue weighted by Crippen LogP contribution is 2.59. The number of aromatic nitrogens is 1. The summed E-state index contributed by atoms with van der Waals surface area (Å²) in [5.74, 6) is 0. The van der Waals surface area contributed by atoms with Crippen molar-refractivity contribution < 1.29 is 0 Å². The molecule has 0 aliphatic heterocycles. The standard InChI is InChI=1S/C45H29N/c1-3-15-30(16-4-1)45(31-17-5-2-6-18-31)41-25-13-11-23-38(41)43-39-24-12-14-26-42(39)46(44(43)45)32-27-28-37-35-21-8-7-19-33(35)34-20-9-10-22-36(34)40(37)29-32/h1-29H. The molecular weight excluding hydrogens is 555 g/mol. The molecule has 10 rings (SSSR count). The fraction of sp³-hybridized carbons (Fsp3) is 0.0222. The fourth-order valence-corrected chi connectivity index (χ4v) is 8.45. The van der Waals surface area contributed by atoms with Crippen LogP contribution in [-0.2, 0) is 5.41 Å². The van der Waals surface area contributed by atoms with Gasteiger partial charge in [0.15, 0.2) is 0 Å². The summed E-state index contributed by atoms with van der Waals surface area (Å²) in [6.45, 7) is 0. The molecule has 1 heteroatoms. The van der Waals surface area contributed by atoms with Crippen molar-refractivity contribution in [1.82, 2.24) is 4.57 Å². The van der Waals surface area contributed by atoms with Crippen molar-refractivity contribution in [3.63, 3.8) is 0 Å². The van der Waals surface area contributed by atoms with E-state index >= 15 is 0 Å². The summed E-state index contributed by atoms with van der Waals surface area (Å²) in [7, 11) is 0. The number of rotatable bonds is 3. The van der Waals surface area contributed by atoms with E-state index in [0.717, 1.165) is 0 Å². The van der Waals surface area contributed by atoms with Crippen LogP contribution >= 0.6 is 0 Å². The van der Waals surface area contributed by atoms with E-state index in [-0.39, 0.29) is 0 Å². The van der Waals surface area contributed by atoms with Crippen LogP contribution in [0.5, 0.6) is 0 Å². The zero-order chi connectivity index (χ0) is 30.2. The molecule has 0 N–H and O–H groups in total. The van der Waals surface area contributed by atoms with Gasteiger partial charge in [-0.25, -0.2) is 0 Å². The van der Waals surface area contributed by atoms with Crippen LogP contribution < -0.4 is 0 Å². The summed E-state index contributed by atoms with van der Waals surface area (Å²) in [5.41, 5.74) is 9.69. The molecule has 0 bridgehead atoms. The van der Waals surface area contributed by atoms with E-state index in [9.17, 15) is 0 Å². The number of hydrogen-bond acceptors (Lipinski definition) is 0. The third kappa shape index (κ3) is 3.24. The predicted molar refractivity (Wildman–Crippen MR) is 193 cm³/mol. The van der Waals surface area contributed by atoms with E-state index in [1.807, 2.05) is 0 Å². The Balaban J connectivity index is 1.40. The molecule has 1 nitrogen and oxygen atoms in total. The molecule has 214 valence electrons. The molecule has 1 aliphatic rings. The Kier molecular flexibility index (Phi) is 5.27. The molecule has 9 aromatic rings. The van der Waals surface area contributed by atoms with E-state index in [4.69, 9.17) is 0 Å². The van der Waals surface area contributed by atoms with Gasteiger partial charge < -0.3 is 4.57 Å². The van der Waals surface area contributed by atoms with Gasteiger partial charge in [-0.3, -0.25) is 0 Å². The van der Waals surface area contributed by atoms with E-state index in [1.54, 1.807) is 0 Å². The molecule has 0 amide bonds. The molecule has 0 saturated heterocycles. The van der Waals surface area contributed by atoms with Gasteiger partial charge in [0, 0.05) is 16.6 Å². The number of benzene rings is 8. The van der Waals surface area contributed by atoms with Crippen molar-refractivity contribution in [3.05, 3.63) is 198 Å². The first-order valence-corrected chi connectivity index (χ1v) is 16.0. The van der Waals surface area contributed by atoms with Gasteiger partial charge in [0.2, 0.25) is 0 Å². The minimum Gasteiger partial charge on any atom is -0.311 e. The molecule has 0 fully saturated rings. The summed E-state index contributed by atoms with van der Waals surface area (Å²) in [4.78, 5) is 0. The van der Waals surface area contributed by atoms with Gasteiger partial charge >= 0.3 is 0 Å². The molecule has 0 atom stereocenters. The normalized spacial score (nSPS) is 13.4. The summed E-state index contributed by atoms with van der Waals surface area (Å²) < 4.78 is 2.56.